The molecule has 2 aliphatic rings. The second-order valence-corrected chi connectivity index (χ2v) is 5.92. The Kier molecular flexibility index (Phi) is 4.71. The zero-order chi connectivity index (χ0) is 16.2. The number of hydrogen-bond donors (Lipinski definition) is 1. The molecule has 0 bridgehead atoms. The fourth-order valence-corrected chi connectivity index (χ4v) is 2.95. The molecule has 3 amide bonds. The monoisotopic (exact) mass is 316 g/mol. The Morgan fingerprint density at radius 2 is 1.74 bits per heavy atom. The Bertz CT molecular complexity index is 588. The molecule has 0 unspecified atom stereocenters. The number of amides is 3. The number of carbonyl (C=O) groups is 3. The zero-order valence-corrected chi connectivity index (χ0v) is 12.9. The second kappa shape index (κ2) is 6.91. The molecule has 23 heavy (non-hydrogen) atoms. The number of imide groups is 1. The maximum absolute atomic E-state index is 12.2. The standard InChI is InChI=1S/C17H20N2O4/c20-15(18-11-12-6-9-23-10-7-12)5-8-19-16(21)13-3-1-2-4-14(13)17(19)22/h1-4,12H,5-11H2,(H,18,20). The summed E-state index contributed by atoms with van der Waals surface area (Å²) in [6.45, 7) is 2.24. The van der Waals surface area contributed by atoms with E-state index in [4.69, 9.17) is 4.74 Å². The van der Waals surface area contributed by atoms with E-state index in [9.17, 15) is 14.4 Å². The van der Waals surface area contributed by atoms with Crippen LogP contribution in [0.5, 0.6) is 0 Å². The third-order valence-corrected chi connectivity index (χ3v) is 4.37. The summed E-state index contributed by atoms with van der Waals surface area (Å²) in [4.78, 5) is 37.5. The van der Waals surface area contributed by atoms with Gasteiger partial charge >= 0.3 is 0 Å². The predicted molar refractivity (Wildman–Crippen MR) is 83.0 cm³/mol. The quantitative estimate of drug-likeness (QED) is 0.829. The molecule has 0 radical (unpaired) electrons. The number of hydrogen-bond acceptors (Lipinski definition) is 4. The van der Waals surface area contributed by atoms with Gasteiger partial charge in [0.2, 0.25) is 5.91 Å². The van der Waals surface area contributed by atoms with Crippen LogP contribution in [0.1, 0.15) is 40.0 Å². The molecule has 0 spiro atoms. The molecule has 1 saturated heterocycles. The highest BCUT2D eigenvalue weighted by molar-refractivity contribution is 6.21. The fraction of sp³-hybridized carbons (Fsp3) is 0.471. The van der Waals surface area contributed by atoms with E-state index in [1.54, 1.807) is 24.3 Å². The van der Waals surface area contributed by atoms with Gasteiger partial charge in [0.25, 0.3) is 11.8 Å². The minimum atomic E-state index is -0.317. The van der Waals surface area contributed by atoms with Gasteiger partial charge in [0.1, 0.15) is 0 Å². The van der Waals surface area contributed by atoms with Crippen molar-refractivity contribution in [3.05, 3.63) is 35.4 Å². The molecule has 1 aromatic carbocycles. The Morgan fingerprint density at radius 1 is 1.13 bits per heavy atom. The van der Waals surface area contributed by atoms with Gasteiger partial charge in [-0.25, -0.2) is 0 Å². The van der Waals surface area contributed by atoms with Crippen LogP contribution in [-0.2, 0) is 9.53 Å². The van der Waals surface area contributed by atoms with Crippen LogP contribution < -0.4 is 5.32 Å². The van der Waals surface area contributed by atoms with Gasteiger partial charge in [0.05, 0.1) is 11.1 Å². The van der Waals surface area contributed by atoms with Crippen LogP contribution in [0.4, 0.5) is 0 Å². The smallest absolute Gasteiger partial charge is 0.261 e. The van der Waals surface area contributed by atoms with Crippen molar-refractivity contribution in [3.8, 4) is 0 Å². The highest BCUT2D eigenvalue weighted by Gasteiger charge is 2.34. The first-order valence-corrected chi connectivity index (χ1v) is 7.96. The van der Waals surface area contributed by atoms with Crippen molar-refractivity contribution < 1.29 is 19.1 Å². The van der Waals surface area contributed by atoms with Gasteiger partial charge in [-0.05, 0) is 30.9 Å². The second-order valence-electron chi connectivity index (χ2n) is 5.92. The molecule has 0 atom stereocenters. The van der Waals surface area contributed by atoms with Crippen molar-refractivity contribution in [2.45, 2.75) is 19.3 Å². The molecule has 122 valence electrons. The first-order valence-electron chi connectivity index (χ1n) is 7.96. The molecule has 1 fully saturated rings. The Labute approximate surface area is 134 Å². The van der Waals surface area contributed by atoms with Crippen LogP contribution >= 0.6 is 0 Å². The summed E-state index contributed by atoms with van der Waals surface area (Å²) in [5, 5.41) is 2.88. The molecule has 2 heterocycles. The van der Waals surface area contributed by atoms with Gasteiger partial charge in [0, 0.05) is 32.7 Å². The number of benzene rings is 1. The van der Waals surface area contributed by atoms with Crippen molar-refractivity contribution in [2.24, 2.45) is 5.92 Å². The molecule has 0 aliphatic carbocycles. The number of nitrogens with one attached hydrogen (secondary N) is 1. The van der Waals surface area contributed by atoms with Crippen LogP contribution in [0, 0.1) is 5.92 Å². The molecule has 0 saturated carbocycles. The average molecular weight is 316 g/mol. The molecule has 3 rings (SSSR count). The van der Waals surface area contributed by atoms with E-state index in [0.717, 1.165) is 31.0 Å². The first kappa shape index (κ1) is 15.7. The van der Waals surface area contributed by atoms with Crippen molar-refractivity contribution >= 4 is 17.7 Å². The largest absolute Gasteiger partial charge is 0.381 e. The average Bonchev–Trinajstić information content (AvgIpc) is 2.83. The van der Waals surface area contributed by atoms with Crippen molar-refractivity contribution in [1.82, 2.24) is 10.2 Å². The van der Waals surface area contributed by atoms with Gasteiger partial charge in [-0.2, -0.15) is 0 Å². The fourth-order valence-electron chi connectivity index (χ4n) is 2.95. The summed E-state index contributed by atoms with van der Waals surface area (Å²) in [7, 11) is 0. The molecular formula is C17H20N2O4. The van der Waals surface area contributed by atoms with E-state index in [1.807, 2.05) is 0 Å². The van der Waals surface area contributed by atoms with E-state index in [2.05, 4.69) is 5.32 Å². The van der Waals surface area contributed by atoms with E-state index in [-0.39, 0.29) is 30.7 Å². The topological polar surface area (TPSA) is 75.7 Å². The minimum absolute atomic E-state index is 0.117. The third-order valence-electron chi connectivity index (χ3n) is 4.37. The molecule has 1 N–H and O–H groups in total. The molecule has 0 aromatic heterocycles. The Morgan fingerprint density at radius 3 is 2.35 bits per heavy atom. The van der Waals surface area contributed by atoms with Crippen LogP contribution in [0.3, 0.4) is 0 Å². The zero-order valence-electron chi connectivity index (χ0n) is 12.9. The summed E-state index contributed by atoms with van der Waals surface area (Å²) in [5.41, 5.74) is 0.834. The van der Waals surface area contributed by atoms with Crippen LogP contribution in [0.15, 0.2) is 24.3 Å². The van der Waals surface area contributed by atoms with E-state index in [1.165, 1.54) is 0 Å². The van der Waals surface area contributed by atoms with Gasteiger partial charge in [-0.1, -0.05) is 12.1 Å². The van der Waals surface area contributed by atoms with Gasteiger partial charge < -0.3 is 10.1 Å². The molecule has 6 heteroatoms. The van der Waals surface area contributed by atoms with Crippen molar-refractivity contribution in [2.75, 3.05) is 26.3 Å². The number of nitrogens with zero attached hydrogens (tertiary/aromatic N) is 1. The van der Waals surface area contributed by atoms with Crippen LogP contribution in [0.2, 0.25) is 0 Å². The minimum Gasteiger partial charge on any atom is -0.381 e. The summed E-state index contributed by atoms with van der Waals surface area (Å²) in [5.74, 6) is -0.314. The number of ether oxygens (including phenoxy) is 1. The third kappa shape index (κ3) is 3.42. The normalized spacial score (nSPS) is 18.2. The lowest BCUT2D eigenvalue weighted by atomic mass is 10.0. The lowest BCUT2D eigenvalue weighted by molar-refractivity contribution is -0.121. The summed E-state index contributed by atoms with van der Waals surface area (Å²) >= 11 is 0. The first-order chi connectivity index (χ1) is 11.2. The molecule has 6 nitrogen and oxygen atoms in total. The highest BCUT2D eigenvalue weighted by atomic mass is 16.5. The van der Waals surface area contributed by atoms with E-state index < -0.39 is 0 Å². The predicted octanol–water partition coefficient (Wildman–Crippen LogP) is 1.22. The number of fused-ring (bicyclic) bond motifs is 1. The number of rotatable bonds is 5. The van der Waals surface area contributed by atoms with Gasteiger partial charge in [-0.3, -0.25) is 19.3 Å². The lowest BCUT2D eigenvalue weighted by Crippen LogP contribution is -2.36. The van der Waals surface area contributed by atoms with E-state index in [0.29, 0.717) is 23.6 Å². The highest BCUT2D eigenvalue weighted by Crippen LogP contribution is 2.22. The molecular weight excluding hydrogens is 296 g/mol. The van der Waals surface area contributed by atoms with Crippen LogP contribution in [0.25, 0.3) is 0 Å². The molecule has 1 aromatic rings. The maximum atomic E-state index is 12.2. The van der Waals surface area contributed by atoms with Gasteiger partial charge in [0.15, 0.2) is 0 Å². The van der Waals surface area contributed by atoms with Crippen LogP contribution in [-0.4, -0.2) is 48.9 Å². The Balaban J connectivity index is 1.48. The number of carbonyl (C=O) groups excluding carboxylic acids is 3. The maximum Gasteiger partial charge on any atom is 0.261 e. The summed E-state index contributed by atoms with van der Waals surface area (Å²) < 4.78 is 5.28. The Hall–Kier alpha value is -2.21. The SMILES string of the molecule is O=C(CCN1C(=O)c2ccccc2C1=O)NCC1CCOCC1. The molecule has 2 aliphatic heterocycles. The summed E-state index contributed by atoms with van der Waals surface area (Å²) in [6, 6.07) is 6.74. The van der Waals surface area contributed by atoms with Gasteiger partial charge in [-0.15, -0.1) is 0 Å². The van der Waals surface area contributed by atoms with Crippen molar-refractivity contribution in [3.63, 3.8) is 0 Å². The lowest BCUT2D eigenvalue weighted by Gasteiger charge is -2.22. The van der Waals surface area contributed by atoms with E-state index >= 15 is 0 Å². The van der Waals surface area contributed by atoms with Crippen molar-refractivity contribution in [1.29, 1.82) is 0 Å². The summed E-state index contributed by atoms with van der Waals surface area (Å²) in [6.07, 6.45) is 2.05.